The van der Waals surface area contributed by atoms with Gasteiger partial charge in [0.25, 0.3) is 0 Å². The van der Waals surface area contributed by atoms with Gasteiger partial charge in [0, 0.05) is 15.4 Å². The van der Waals surface area contributed by atoms with Crippen LogP contribution in [0.3, 0.4) is 0 Å². The lowest BCUT2D eigenvalue weighted by molar-refractivity contribution is 0.0857. The Hall–Kier alpha value is -1.13. The average Bonchev–Trinajstić information content (AvgIpc) is 2.89. The molecule has 96 valence electrons. The summed E-state index contributed by atoms with van der Waals surface area (Å²) in [7, 11) is 0. The van der Waals surface area contributed by atoms with Crippen LogP contribution in [0, 0.1) is 0 Å². The summed E-state index contributed by atoms with van der Waals surface area (Å²) in [5.41, 5.74) is 3.25. The van der Waals surface area contributed by atoms with Crippen LogP contribution in [0.4, 0.5) is 0 Å². The molecule has 1 heterocycles. The van der Waals surface area contributed by atoms with E-state index in [-0.39, 0.29) is 6.10 Å². The topological polar surface area (TPSA) is 21.6 Å². The Morgan fingerprint density at radius 3 is 2.53 bits per heavy atom. The Balaban J connectivity index is 1.78. The second-order valence-corrected chi connectivity index (χ2v) is 6.23. The summed E-state index contributed by atoms with van der Waals surface area (Å²) in [6, 6.07) is 16.3. The fraction of sp³-hybridized carbons (Fsp3) is 0.133. The van der Waals surface area contributed by atoms with Crippen LogP contribution in [-0.4, -0.2) is 5.71 Å². The maximum atomic E-state index is 5.55. The summed E-state index contributed by atoms with van der Waals surface area (Å²) in [6.45, 7) is 0. The van der Waals surface area contributed by atoms with Crippen molar-refractivity contribution < 1.29 is 4.84 Å². The van der Waals surface area contributed by atoms with Gasteiger partial charge in [-0.3, -0.25) is 0 Å². The minimum absolute atomic E-state index is 0.0103. The summed E-state index contributed by atoms with van der Waals surface area (Å²) in [5, 5.41) is 4.21. The summed E-state index contributed by atoms with van der Waals surface area (Å²) in [5.74, 6) is 0. The first kappa shape index (κ1) is 12.9. The summed E-state index contributed by atoms with van der Waals surface area (Å²) >= 11 is 6.91. The quantitative estimate of drug-likeness (QED) is 0.712. The zero-order valence-electron chi connectivity index (χ0n) is 10.0. The Kier molecular flexibility index (Phi) is 3.71. The fourth-order valence-electron chi connectivity index (χ4n) is 2.08. The molecule has 0 aliphatic carbocycles. The van der Waals surface area contributed by atoms with E-state index in [1.807, 2.05) is 24.3 Å². The van der Waals surface area contributed by atoms with Crippen LogP contribution in [0.1, 0.15) is 23.7 Å². The van der Waals surface area contributed by atoms with Gasteiger partial charge >= 0.3 is 0 Å². The van der Waals surface area contributed by atoms with E-state index in [4.69, 9.17) is 4.84 Å². The highest BCUT2D eigenvalue weighted by atomic mass is 79.9. The lowest BCUT2D eigenvalue weighted by Gasteiger charge is -2.08. The van der Waals surface area contributed by atoms with Gasteiger partial charge in [-0.2, -0.15) is 0 Å². The fourth-order valence-corrected chi connectivity index (χ4v) is 2.76. The highest BCUT2D eigenvalue weighted by Gasteiger charge is 2.23. The Labute approximate surface area is 128 Å². The second kappa shape index (κ2) is 5.47. The molecule has 0 spiro atoms. The first-order chi connectivity index (χ1) is 9.22. The summed E-state index contributed by atoms with van der Waals surface area (Å²) < 4.78 is 2.13. The van der Waals surface area contributed by atoms with Gasteiger partial charge in [0.15, 0.2) is 6.10 Å². The van der Waals surface area contributed by atoms with Crippen molar-refractivity contribution in [2.75, 3.05) is 0 Å². The lowest BCUT2D eigenvalue weighted by atomic mass is 10.0. The van der Waals surface area contributed by atoms with Crippen molar-refractivity contribution in [2.45, 2.75) is 12.5 Å². The van der Waals surface area contributed by atoms with Crippen molar-refractivity contribution in [2.24, 2.45) is 5.16 Å². The largest absolute Gasteiger partial charge is 0.387 e. The number of rotatable bonds is 2. The van der Waals surface area contributed by atoms with Crippen molar-refractivity contribution in [3.63, 3.8) is 0 Å². The molecular weight excluding hydrogens is 370 g/mol. The molecule has 4 heteroatoms. The van der Waals surface area contributed by atoms with Gasteiger partial charge in [-0.1, -0.05) is 61.3 Å². The van der Waals surface area contributed by atoms with Crippen molar-refractivity contribution in [1.29, 1.82) is 0 Å². The summed E-state index contributed by atoms with van der Waals surface area (Å²) in [4.78, 5) is 5.55. The van der Waals surface area contributed by atoms with Crippen LogP contribution in [0.25, 0.3) is 0 Å². The molecule has 0 amide bonds. The second-order valence-electron chi connectivity index (χ2n) is 4.40. The Bertz CT molecular complexity index is 622. The van der Waals surface area contributed by atoms with Gasteiger partial charge in [0.05, 0.1) is 5.71 Å². The third kappa shape index (κ3) is 2.90. The molecule has 1 atom stereocenters. The Morgan fingerprint density at radius 1 is 1.00 bits per heavy atom. The standard InChI is InChI=1S/C15H11Br2NO/c16-12-6-4-10(5-7-12)14-9-15(19-18-14)11-2-1-3-13(17)8-11/h1-8,15H,9H2. The minimum Gasteiger partial charge on any atom is -0.387 e. The molecule has 3 rings (SSSR count). The van der Waals surface area contributed by atoms with Crippen LogP contribution in [0.5, 0.6) is 0 Å². The maximum absolute atomic E-state index is 5.55. The molecule has 0 bridgehead atoms. The average molecular weight is 381 g/mol. The number of halogens is 2. The van der Waals surface area contributed by atoms with E-state index in [0.717, 1.165) is 32.2 Å². The molecule has 2 nitrogen and oxygen atoms in total. The molecule has 1 aliphatic heterocycles. The molecule has 19 heavy (non-hydrogen) atoms. The molecule has 1 aliphatic rings. The predicted octanol–water partition coefficient (Wildman–Crippen LogP) is 5.08. The van der Waals surface area contributed by atoms with E-state index >= 15 is 0 Å². The number of benzene rings is 2. The van der Waals surface area contributed by atoms with Gasteiger partial charge < -0.3 is 4.84 Å². The minimum atomic E-state index is 0.0103. The monoisotopic (exact) mass is 379 g/mol. The Morgan fingerprint density at radius 2 is 1.79 bits per heavy atom. The number of oxime groups is 1. The highest BCUT2D eigenvalue weighted by Crippen LogP contribution is 2.31. The third-order valence-electron chi connectivity index (χ3n) is 3.07. The highest BCUT2D eigenvalue weighted by molar-refractivity contribution is 9.10. The molecule has 0 radical (unpaired) electrons. The van der Waals surface area contributed by atoms with E-state index in [1.54, 1.807) is 0 Å². The van der Waals surface area contributed by atoms with E-state index in [9.17, 15) is 0 Å². The number of nitrogens with zero attached hydrogens (tertiary/aromatic N) is 1. The zero-order chi connectivity index (χ0) is 13.2. The van der Waals surface area contributed by atoms with Crippen LogP contribution in [0.2, 0.25) is 0 Å². The maximum Gasteiger partial charge on any atom is 0.158 e. The van der Waals surface area contributed by atoms with E-state index < -0.39 is 0 Å². The number of hydrogen-bond acceptors (Lipinski definition) is 2. The molecule has 0 N–H and O–H groups in total. The SMILES string of the molecule is Brc1ccc(C2=NOC(c3cccc(Br)c3)C2)cc1. The predicted molar refractivity (Wildman–Crippen MR) is 83.3 cm³/mol. The molecule has 0 aromatic heterocycles. The first-order valence-corrected chi connectivity index (χ1v) is 7.55. The molecule has 1 unspecified atom stereocenters. The van der Waals surface area contributed by atoms with E-state index in [0.29, 0.717) is 0 Å². The van der Waals surface area contributed by atoms with Crippen LogP contribution >= 0.6 is 31.9 Å². The first-order valence-electron chi connectivity index (χ1n) is 5.96. The van der Waals surface area contributed by atoms with Gasteiger partial charge in [0.1, 0.15) is 0 Å². The normalized spacial score (nSPS) is 18.0. The molecule has 2 aromatic rings. The van der Waals surface area contributed by atoms with Crippen LogP contribution in [-0.2, 0) is 4.84 Å². The smallest absolute Gasteiger partial charge is 0.158 e. The summed E-state index contributed by atoms with van der Waals surface area (Å²) in [6.07, 6.45) is 0.814. The van der Waals surface area contributed by atoms with Crippen LogP contribution < -0.4 is 0 Å². The zero-order valence-corrected chi connectivity index (χ0v) is 13.2. The third-order valence-corrected chi connectivity index (χ3v) is 4.09. The van der Waals surface area contributed by atoms with Crippen LogP contribution in [0.15, 0.2) is 62.6 Å². The van der Waals surface area contributed by atoms with E-state index in [1.165, 1.54) is 0 Å². The van der Waals surface area contributed by atoms with Gasteiger partial charge in [-0.05, 0) is 35.4 Å². The van der Waals surface area contributed by atoms with Crippen molar-refractivity contribution in [3.05, 3.63) is 68.6 Å². The van der Waals surface area contributed by atoms with Gasteiger partial charge in [-0.25, -0.2) is 0 Å². The van der Waals surface area contributed by atoms with Crippen molar-refractivity contribution >= 4 is 37.6 Å². The molecule has 0 fully saturated rings. The van der Waals surface area contributed by atoms with E-state index in [2.05, 4.69) is 61.3 Å². The lowest BCUT2D eigenvalue weighted by Crippen LogP contribution is -2.01. The molecule has 0 saturated heterocycles. The van der Waals surface area contributed by atoms with Crippen molar-refractivity contribution in [3.8, 4) is 0 Å². The molecular formula is C15H11Br2NO. The number of hydrogen-bond donors (Lipinski definition) is 0. The molecule has 0 saturated carbocycles. The van der Waals surface area contributed by atoms with Crippen molar-refractivity contribution in [1.82, 2.24) is 0 Å². The van der Waals surface area contributed by atoms with Gasteiger partial charge in [0.2, 0.25) is 0 Å². The molecule has 2 aromatic carbocycles. The van der Waals surface area contributed by atoms with Gasteiger partial charge in [-0.15, -0.1) is 0 Å².